The molecule has 1 saturated heterocycles. The highest BCUT2D eigenvalue weighted by Gasteiger charge is 2.45. The van der Waals surface area contributed by atoms with Crippen molar-refractivity contribution in [3.63, 3.8) is 0 Å². The normalized spacial score (nSPS) is 34.8. The lowest BCUT2D eigenvalue weighted by molar-refractivity contribution is -0.289. The van der Waals surface area contributed by atoms with E-state index >= 15 is 0 Å². The van der Waals surface area contributed by atoms with Crippen LogP contribution in [0.2, 0.25) is 0 Å². The van der Waals surface area contributed by atoms with Crippen LogP contribution in [0.1, 0.15) is 12.8 Å². The monoisotopic (exact) mass is 280 g/mol. The Morgan fingerprint density at radius 3 is 2.26 bits per heavy atom. The molecule has 1 aliphatic rings. The first kappa shape index (κ1) is 15.8. The van der Waals surface area contributed by atoms with Crippen molar-refractivity contribution in [3.8, 4) is 0 Å². The lowest BCUT2D eigenvalue weighted by atomic mass is 9.99. The van der Waals surface area contributed by atoms with Crippen molar-refractivity contribution in [2.45, 2.75) is 43.5 Å². The minimum absolute atomic E-state index is 0.438. The number of carbonyl (C=O) groups is 2. The Hall–Kier alpha value is -1.26. The molecule has 110 valence electrons. The zero-order valence-electron chi connectivity index (χ0n) is 9.88. The maximum atomic E-state index is 11.3. The Morgan fingerprint density at radius 1 is 1.11 bits per heavy atom. The number of aliphatic carboxylic acids is 1. The summed E-state index contributed by atoms with van der Waals surface area (Å²) in [6.45, 7) is -0.645. The van der Waals surface area contributed by atoms with E-state index in [2.05, 4.69) is 0 Å². The highest BCUT2D eigenvalue weighted by molar-refractivity contribution is 5.76. The molecule has 0 aliphatic carbocycles. The Bertz CT molecular complexity index is 331. The number of aliphatic hydroxyl groups is 4. The van der Waals surface area contributed by atoms with Gasteiger partial charge in [0, 0.05) is 0 Å². The van der Waals surface area contributed by atoms with Crippen LogP contribution >= 0.6 is 0 Å². The fraction of sp³-hybridized carbons (Fsp3) is 0.800. The van der Waals surface area contributed by atoms with Crippen LogP contribution in [0, 0.1) is 0 Å². The molecule has 5 atom stereocenters. The summed E-state index contributed by atoms with van der Waals surface area (Å²) in [5.41, 5.74) is 0. The van der Waals surface area contributed by atoms with E-state index in [1.54, 1.807) is 0 Å². The first-order chi connectivity index (χ1) is 8.86. The first-order valence-electron chi connectivity index (χ1n) is 5.58. The first-order valence-corrected chi connectivity index (χ1v) is 5.58. The van der Waals surface area contributed by atoms with Gasteiger partial charge in [-0.05, 0) is 0 Å². The molecule has 0 spiro atoms. The van der Waals surface area contributed by atoms with Crippen LogP contribution < -0.4 is 0 Å². The molecular formula is C10H16O9. The number of hydrogen-bond donors (Lipinski definition) is 5. The maximum absolute atomic E-state index is 11.3. The number of ether oxygens (including phenoxy) is 2. The molecule has 0 radical (unpaired) electrons. The third-order valence-electron chi connectivity index (χ3n) is 2.65. The second-order valence-corrected chi connectivity index (χ2v) is 4.08. The summed E-state index contributed by atoms with van der Waals surface area (Å²) in [6.07, 6.45) is -8.55. The summed E-state index contributed by atoms with van der Waals surface area (Å²) < 4.78 is 9.41. The van der Waals surface area contributed by atoms with Gasteiger partial charge < -0.3 is 35.0 Å². The maximum Gasteiger partial charge on any atom is 0.306 e. The van der Waals surface area contributed by atoms with Gasteiger partial charge in [-0.25, -0.2) is 0 Å². The standard InChI is InChI=1S/C10H16O9/c11-3-4-7(15)9(8(16)10(17)18-4)19-6(14)2-1-5(12)13/h4,7-11,15-17H,1-3H2,(H,12,13)/t4-,7-,8-,9+,10?/m1/s1. The summed E-state index contributed by atoms with van der Waals surface area (Å²) in [4.78, 5) is 21.6. The van der Waals surface area contributed by atoms with Crippen molar-refractivity contribution >= 4 is 11.9 Å². The molecule has 1 rings (SSSR count). The van der Waals surface area contributed by atoms with Gasteiger partial charge in [0.2, 0.25) is 0 Å². The van der Waals surface area contributed by atoms with Gasteiger partial charge in [0.05, 0.1) is 19.4 Å². The summed E-state index contributed by atoms with van der Waals surface area (Å²) >= 11 is 0. The van der Waals surface area contributed by atoms with Gasteiger partial charge in [0.25, 0.3) is 0 Å². The van der Waals surface area contributed by atoms with E-state index in [0.29, 0.717) is 0 Å². The number of carboxylic acid groups (broad SMARTS) is 1. The van der Waals surface area contributed by atoms with Crippen molar-refractivity contribution in [2.24, 2.45) is 0 Å². The molecule has 0 aromatic rings. The summed E-state index contributed by atoms with van der Waals surface area (Å²) in [5.74, 6) is -2.14. The predicted octanol–water partition coefficient (Wildman–Crippen LogP) is -2.81. The lowest BCUT2D eigenvalue weighted by Crippen LogP contribution is -2.59. The van der Waals surface area contributed by atoms with Crippen molar-refractivity contribution in [3.05, 3.63) is 0 Å². The molecular weight excluding hydrogens is 264 g/mol. The van der Waals surface area contributed by atoms with Gasteiger partial charge in [-0.3, -0.25) is 9.59 Å². The Kier molecular flexibility index (Phi) is 5.63. The van der Waals surface area contributed by atoms with Crippen LogP contribution in [-0.4, -0.2) is 74.8 Å². The lowest BCUT2D eigenvalue weighted by Gasteiger charge is -2.39. The molecule has 0 saturated carbocycles. The van der Waals surface area contributed by atoms with Crippen molar-refractivity contribution in [1.29, 1.82) is 0 Å². The summed E-state index contributed by atoms with van der Waals surface area (Å²) in [6, 6.07) is 0. The minimum atomic E-state index is -1.72. The molecule has 0 aromatic carbocycles. The van der Waals surface area contributed by atoms with Crippen LogP contribution in [-0.2, 0) is 19.1 Å². The average molecular weight is 280 g/mol. The molecule has 5 N–H and O–H groups in total. The van der Waals surface area contributed by atoms with Gasteiger partial charge >= 0.3 is 11.9 Å². The minimum Gasteiger partial charge on any atom is -0.481 e. The highest BCUT2D eigenvalue weighted by Crippen LogP contribution is 2.22. The van der Waals surface area contributed by atoms with E-state index in [1.807, 2.05) is 0 Å². The number of carboxylic acids is 1. The third-order valence-corrected chi connectivity index (χ3v) is 2.65. The van der Waals surface area contributed by atoms with Gasteiger partial charge in [0.1, 0.15) is 18.3 Å². The third kappa shape index (κ3) is 4.11. The van der Waals surface area contributed by atoms with Crippen molar-refractivity contribution in [2.75, 3.05) is 6.61 Å². The molecule has 1 unspecified atom stereocenters. The van der Waals surface area contributed by atoms with E-state index in [-0.39, 0.29) is 0 Å². The fourth-order valence-electron chi connectivity index (χ4n) is 1.63. The number of hydrogen-bond acceptors (Lipinski definition) is 8. The fourth-order valence-corrected chi connectivity index (χ4v) is 1.63. The zero-order chi connectivity index (χ0) is 14.6. The molecule has 1 fully saturated rings. The van der Waals surface area contributed by atoms with Gasteiger partial charge in [0.15, 0.2) is 12.4 Å². The molecule has 0 bridgehead atoms. The average Bonchev–Trinajstić information content (AvgIpc) is 2.36. The largest absolute Gasteiger partial charge is 0.481 e. The number of aliphatic hydroxyl groups excluding tert-OH is 4. The molecule has 19 heavy (non-hydrogen) atoms. The van der Waals surface area contributed by atoms with Gasteiger partial charge in [-0.2, -0.15) is 0 Å². The molecule has 0 amide bonds. The van der Waals surface area contributed by atoms with Crippen LogP contribution in [0.15, 0.2) is 0 Å². The second kappa shape index (κ2) is 6.78. The molecule has 1 aliphatic heterocycles. The quantitative estimate of drug-likeness (QED) is 0.336. The van der Waals surface area contributed by atoms with Gasteiger partial charge in [-0.15, -0.1) is 0 Å². The number of rotatable bonds is 5. The SMILES string of the molecule is O=C(O)CCC(=O)O[C@H]1[C@H](O)[C@@H](CO)OC(O)[C@@H]1O. The second-order valence-electron chi connectivity index (χ2n) is 4.08. The summed E-state index contributed by atoms with van der Waals surface area (Å²) in [7, 11) is 0. The van der Waals surface area contributed by atoms with Crippen molar-refractivity contribution < 1.29 is 44.6 Å². The summed E-state index contributed by atoms with van der Waals surface area (Å²) in [5, 5.41) is 45.8. The van der Waals surface area contributed by atoms with E-state index in [0.717, 1.165) is 0 Å². The highest BCUT2D eigenvalue weighted by atomic mass is 16.7. The van der Waals surface area contributed by atoms with E-state index in [9.17, 15) is 24.9 Å². The molecule has 9 nitrogen and oxygen atoms in total. The number of carbonyl (C=O) groups excluding carboxylic acids is 1. The van der Waals surface area contributed by atoms with E-state index in [4.69, 9.17) is 19.7 Å². The van der Waals surface area contributed by atoms with Crippen LogP contribution in [0.3, 0.4) is 0 Å². The Balaban J connectivity index is 2.62. The van der Waals surface area contributed by atoms with E-state index < -0.39 is 62.1 Å². The van der Waals surface area contributed by atoms with Crippen molar-refractivity contribution in [1.82, 2.24) is 0 Å². The predicted molar refractivity (Wildman–Crippen MR) is 56.7 cm³/mol. The molecule has 1 heterocycles. The van der Waals surface area contributed by atoms with Gasteiger partial charge in [-0.1, -0.05) is 0 Å². The Morgan fingerprint density at radius 2 is 1.74 bits per heavy atom. The Labute approximate surface area is 108 Å². The van der Waals surface area contributed by atoms with Crippen LogP contribution in [0.25, 0.3) is 0 Å². The van der Waals surface area contributed by atoms with Crippen LogP contribution in [0.4, 0.5) is 0 Å². The smallest absolute Gasteiger partial charge is 0.306 e. The number of esters is 1. The molecule has 9 heteroatoms. The van der Waals surface area contributed by atoms with E-state index in [1.165, 1.54) is 0 Å². The van der Waals surface area contributed by atoms with Crippen LogP contribution in [0.5, 0.6) is 0 Å². The topological polar surface area (TPSA) is 154 Å². The molecule has 0 aromatic heterocycles. The zero-order valence-corrected chi connectivity index (χ0v) is 9.88.